The minimum atomic E-state index is -3.87. The second kappa shape index (κ2) is 9.54. The van der Waals surface area contributed by atoms with Crippen LogP contribution in [-0.4, -0.2) is 29.2 Å². The van der Waals surface area contributed by atoms with Gasteiger partial charge >= 0.3 is 185 Å². The van der Waals surface area contributed by atoms with Crippen LogP contribution in [0, 0.1) is 6.92 Å². The summed E-state index contributed by atoms with van der Waals surface area (Å²) in [4.78, 5) is 13.5. The number of ketones is 1. The van der Waals surface area contributed by atoms with E-state index in [4.69, 9.17) is 0 Å². The molecule has 0 bridgehead atoms. The van der Waals surface area contributed by atoms with Crippen molar-refractivity contribution < 1.29 is 13.2 Å². The molecular weight excluding hydrogens is 461 g/mol. The van der Waals surface area contributed by atoms with Crippen molar-refractivity contribution >= 4 is 35.2 Å². The molecule has 0 radical (unpaired) electrons. The molecule has 0 saturated carbocycles. The minimum absolute atomic E-state index is 0.120. The van der Waals surface area contributed by atoms with Crippen LogP contribution >= 0.6 is 0 Å². The van der Waals surface area contributed by atoms with Crippen molar-refractivity contribution in [3.63, 3.8) is 0 Å². The van der Waals surface area contributed by atoms with Crippen molar-refractivity contribution in [1.82, 2.24) is 4.72 Å². The number of carbonyl (C=O) groups is 1. The summed E-state index contributed by atoms with van der Waals surface area (Å²) in [6.45, 7) is 5.76. The van der Waals surface area contributed by atoms with Gasteiger partial charge in [-0.2, -0.15) is 0 Å². The fourth-order valence-corrected chi connectivity index (χ4v) is 5.91. The van der Waals surface area contributed by atoms with Gasteiger partial charge in [0, 0.05) is 0 Å². The van der Waals surface area contributed by atoms with Crippen molar-refractivity contribution in [2.45, 2.75) is 23.7 Å². The van der Waals surface area contributed by atoms with Crippen LogP contribution in [0.25, 0.3) is 0 Å². The van der Waals surface area contributed by atoms with Crippen molar-refractivity contribution in [2.75, 3.05) is 0 Å². The first-order valence-electron chi connectivity index (χ1n) is 9.34. The topological polar surface area (TPSA) is 63.2 Å². The van der Waals surface area contributed by atoms with Crippen molar-refractivity contribution in [3.8, 4) is 0 Å². The Morgan fingerprint density at radius 3 is 2.20 bits per heavy atom. The van der Waals surface area contributed by atoms with Gasteiger partial charge in [-0.3, -0.25) is 0 Å². The van der Waals surface area contributed by atoms with E-state index in [9.17, 15) is 13.2 Å². The molecule has 1 N–H and O–H groups in total. The second-order valence-corrected chi connectivity index (χ2v) is 10.2. The molecule has 1 atom stereocenters. The summed E-state index contributed by atoms with van der Waals surface area (Å²) >= 11 is 0.120. The fourth-order valence-electron chi connectivity index (χ4n) is 3.20. The Balaban J connectivity index is 2.03. The van der Waals surface area contributed by atoms with Crippen LogP contribution in [0.5, 0.6) is 0 Å². The van der Waals surface area contributed by atoms with Crippen molar-refractivity contribution in [1.29, 1.82) is 0 Å². The zero-order valence-corrected chi connectivity index (χ0v) is 19.4. The predicted octanol–water partition coefficient (Wildman–Crippen LogP) is 3.83. The van der Waals surface area contributed by atoms with Crippen LogP contribution < -0.4 is 9.18 Å². The molecule has 30 heavy (non-hydrogen) atoms. The molecular formula is C24H23NO3SSe. The van der Waals surface area contributed by atoms with Gasteiger partial charge in [-0.15, -0.1) is 0 Å². The Hall–Kier alpha value is -2.50. The van der Waals surface area contributed by atoms with E-state index >= 15 is 0 Å². The van der Waals surface area contributed by atoms with Crippen molar-refractivity contribution in [2.24, 2.45) is 0 Å². The molecule has 4 nitrogen and oxygen atoms in total. The summed E-state index contributed by atoms with van der Waals surface area (Å²) in [5.74, 6) is 1.79. The zero-order valence-electron chi connectivity index (χ0n) is 16.8. The van der Waals surface area contributed by atoms with Crippen molar-refractivity contribution in [3.05, 3.63) is 108 Å². The predicted molar refractivity (Wildman–Crippen MR) is 122 cm³/mol. The molecule has 3 rings (SSSR count). The molecule has 0 heterocycles. The Kier molecular flexibility index (Phi) is 7.06. The van der Waals surface area contributed by atoms with Gasteiger partial charge in [-0.25, -0.2) is 0 Å². The molecule has 0 spiro atoms. The standard InChI is InChI=1S/C24H23NO3SSe/c1-17-11-7-9-15-21(17)29(27,28)25-23(19-12-5-4-6-13-19)18(2)24(26)20-14-8-10-16-22(20)30-3/h4-16,23,25H,2H2,1,3H3. The summed E-state index contributed by atoms with van der Waals surface area (Å²) in [5, 5.41) is 0. The molecule has 0 aliphatic carbocycles. The number of aryl methyl sites for hydroxylation is 1. The van der Waals surface area contributed by atoms with E-state index in [1.807, 2.05) is 42.2 Å². The molecule has 0 aromatic heterocycles. The third kappa shape index (κ3) is 4.79. The van der Waals surface area contributed by atoms with E-state index in [1.165, 1.54) is 0 Å². The third-order valence-electron chi connectivity index (χ3n) is 4.78. The molecule has 154 valence electrons. The number of carbonyl (C=O) groups excluding carboxylic acids is 1. The van der Waals surface area contributed by atoms with Gasteiger partial charge in [0.25, 0.3) is 0 Å². The van der Waals surface area contributed by atoms with E-state index in [0.717, 1.165) is 4.46 Å². The van der Waals surface area contributed by atoms with E-state index in [2.05, 4.69) is 11.3 Å². The van der Waals surface area contributed by atoms with E-state index < -0.39 is 16.1 Å². The summed E-state index contributed by atoms with van der Waals surface area (Å²) in [6.07, 6.45) is 0. The first-order chi connectivity index (χ1) is 14.3. The van der Waals surface area contributed by atoms with E-state index in [-0.39, 0.29) is 31.2 Å². The number of benzene rings is 3. The number of rotatable bonds is 8. The van der Waals surface area contributed by atoms with Crippen LogP contribution in [0.15, 0.2) is 95.9 Å². The van der Waals surface area contributed by atoms with Crippen LogP contribution in [0.2, 0.25) is 5.82 Å². The Morgan fingerprint density at radius 2 is 1.53 bits per heavy atom. The average molecular weight is 484 g/mol. The first-order valence-corrected chi connectivity index (χ1v) is 13.4. The van der Waals surface area contributed by atoms with Gasteiger partial charge in [0.1, 0.15) is 0 Å². The van der Waals surface area contributed by atoms with Gasteiger partial charge in [-0.05, 0) is 0 Å². The maximum atomic E-state index is 13.3. The third-order valence-corrected chi connectivity index (χ3v) is 8.03. The molecule has 0 fully saturated rings. The summed E-state index contributed by atoms with van der Waals surface area (Å²) in [7, 11) is -3.87. The van der Waals surface area contributed by atoms with Gasteiger partial charge in [0.05, 0.1) is 0 Å². The number of Topliss-reactive ketones (excluding diaryl/α,β-unsaturated/α-hetero) is 1. The summed E-state index contributed by atoms with van der Waals surface area (Å²) in [6, 6.07) is 22.3. The Morgan fingerprint density at radius 1 is 0.933 bits per heavy atom. The first kappa shape index (κ1) is 22.2. The van der Waals surface area contributed by atoms with Crippen LogP contribution in [0.4, 0.5) is 0 Å². The SMILES string of the molecule is C=C(C(=O)c1ccccc1[Se]C)C(NS(=O)(=O)c1ccccc1C)c1ccccc1. The van der Waals surface area contributed by atoms with Crippen LogP contribution in [0.1, 0.15) is 27.5 Å². The normalized spacial score (nSPS) is 12.3. The zero-order chi connectivity index (χ0) is 21.7. The van der Waals surface area contributed by atoms with Crippen LogP contribution in [-0.2, 0) is 10.0 Å². The molecule has 0 saturated heterocycles. The second-order valence-electron chi connectivity index (χ2n) is 6.79. The van der Waals surface area contributed by atoms with Gasteiger partial charge in [0.15, 0.2) is 0 Å². The number of hydrogen-bond acceptors (Lipinski definition) is 3. The molecule has 0 amide bonds. The average Bonchev–Trinajstić information content (AvgIpc) is 2.77. The molecule has 1 unspecified atom stereocenters. The molecule has 0 aliphatic rings. The van der Waals surface area contributed by atoms with Crippen LogP contribution in [0.3, 0.4) is 0 Å². The van der Waals surface area contributed by atoms with Gasteiger partial charge in [-0.1, -0.05) is 0 Å². The molecule has 0 aliphatic heterocycles. The van der Waals surface area contributed by atoms with E-state index in [1.54, 1.807) is 49.4 Å². The molecule has 6 heteroatoms. The number of hydrogen-bond donors (Lipinski definition) is 1. The summed E-state index contributed by atoms with van der Waals surface area (Å²) < 4.78 is 30.0. The fraction of sp³-hybridized carbons (Fsp3) is 0.125. The Bertz CT molecular complexity index is 1170. The summed E-state index contributed by atoms with van der Waals surface area (Å²) in [5.41, 5.74) is 2.05. The molecule has 3 aromatic carbocycles. The van der Waals surface area contributed by atoms with Gasteiger partial charge < -0.3 is 0 Å². The maximum absolute atomic E-state index is 13.3. The monoisotopic (exact) mass is 485 g/mol. The quantitative estimate of drug-likeness (QED) is 0.300. The number of sulfonamides is 1. The van der Waals surface area contributed by atoms with Gasteiger partial charge in [0.2, 0.25) is 0 Å². The Labute approximate surface area is 184 Å². The van der Waals surface area contributed by atoms with E-state index in [0.29, 0.717) is 16.7 Å². The number of nitrogens with one attached hydrogen (secondary N) is 1. The molecule has 3 aromatic rings.